The summed E-state index contributed by atoms with van der Waals surface area (Å²) in [6.45, 7) is 0.149. The Balaban J connectivity index is 1.38. The van der Waals surface area contributed by atoms with Crippen molar-refractivity contribution in [2.75, 3.05) is 6.61 Å². The van der Waals surface area contributed by atoms with Gasteiger partial charge in [-0.2, -0.15) is 5.26 Å². The summed E-state index contributed by atoms with van der Waals surface area (Å²) in [7, 11) is 0. The molecule has 170 valence electrons. The summed E-state index contributed by atoms with van der Waals surface area (Å²) in [5, 5.41) is 20.4. The van der Waals surface area contributed by atoms with E-state index >= 15 is 0 Å². The van der Waals surface area contributed by atoms with Gasteiger partial charge in [-0.25, -0.2) is 14.8 Å². The van der Waals surface area contributed by atoms with Gasteiger partial charge in [0.15, 0.2) is 11.6 Å². The molecule has 0 amide bonds. The lowest BCUT2D eigenvalue weighted by atomic mass is 10.1. The lowest BCUT2D eigenvalue weighted by Gasteiger charge is -2.11. The summed E-state index contributed by atoms with van der Waals surface area (Å²) in [5.74, 6) is -0.205. The number of benzene rings is 2. The first-order valence-corrected chi connectivity index (χ1v) is 11.0. The predicted molar refractivity (Wildman–Crippen MR) is 125 cm³/mol. The number of H-pyrrole nitrogens is 1. The third kappa shape index (κ3) is 3.90. The van der Waals surface area contributed by atoms with E-state index in [0.717, 1.165) is 31.5 Å². The molecule has 0 atom stereocenters. The van der Waals surface area contributed by atoms with Crippen LogP contribution in [0.25, 0.3) is 27.5 Å². The number of fused-ring (bicyclic) bond motifs is 3. The molecule has 2 aromatic carbocycles. The highest BCUT2D eigenvalue weighted by Gasteiger charge is 2.18. The molecule has 0 saturated heterocycles. The first-order chi connectivity index (χ1) is 16.5. The number of imidazole rings is 1. The summed E-state index contributed by atoms with van der Waals surface area (Å²) < 4.78 is 6.95. The van der Waals surface area contributed by atoms with Crippen LogP contribution in [0, 0.1) is 11.3 Å². The Morgan fingerprint density at radius 2 is 2.00 bits per heavy atom. The first kappa shape index (κ1) is 21.4. The lowest BCUT2D eigenvalue weighted by molar-refractivity contribution is 0.0503. The van der Waals surface area contributed by atoms with Crippen LogP contribution < -0.4 is 5.56 Å². The van der Waals surface area contributed by atoms with Gasteiger partial charge in [-0.15, -0.1) is 0 Å². The van der Waals surface area contributed by atoms with Crippen molar-refractivity contribution in [3.8, 4) is 6.07 Å². The molecular weight excluding hydrogens is 434 g/mol. The van der Waals surface area contributed by atoms with Crippen LogP contribution in [0.15, 0.2) is 53.0 Å². The molecule has 0 fully saturated rings. The highest BCUT2D eigenvalue weighted by molar-refractivity contribution is 5.94. The van der Waals surface area contributed by atoms with Crippen LogP contribution >= 0.6 is 0 Å². The van der Waals surface area contributed by atoms with E-state index in [9.17, 15) is 20.0 Å². The molecule has 4 aromatic rings. The van der Waals surface area contributed by atoms with Gasteiger partial charge in [-0.1, -0.05) is 18.6 Å². The molecule has 5 rings (SSSR count). The topological polar surface area (TPSA) is 134 Å². The molecule has 9 nitrogen and oxygen atoms in total. The smallest absolute Gasteiger partial charge is 0.338 e. The van der Waals surface area contributed by atoms with Gasteiger partial charge in [0.2, 0.25) is 0 Å². The molecule has 3 heterocycles. The van der Waals surface area contributed by atoms with E-state index in [1.54, 1.807) is 22.8 Å². The summed E-state index contributed by atoms with van der Waals surface area (Å²) in [6.07, 6.45) is 3.68. The molecule has 2 aromatic heterocycles. The molecule has 9 heteroatoms. The van der Waals surface area contributed by atoms with Crippen LogP contribution in [0.1, 0.15) is 41.3 Å². The number of nitriles is 1. The number of aliphatic hydroxyl groups excluding tert-OH is 1. The Hall–Kier alpha value is -4.45. The summed E-state index contributed by atoms with van der Waals surface area (Å²) in [5.41, 5.74) is 1.78. The maximum Gasteiger partial charge on any atom is 0.338 e. The third-order valence-electron chi connectivity index (χ3n) is 5.92. The molecule has 1 aliphatic rings. The molecule has 2 N–H and O–H groups in total. The second-order valence-corrected chi connectivity index (χ2v) is 8.14. The van der Waals surface area contributed by atoms with Crippen molar-refractivity contribution in [3.63, 3.8) is 0 Å². The number of carbonyl (C=O) groups is 1. The number of nitrogens with zero attached hydrogens (tertiary/aromatic N) is 4. The summed E-state index contributed by atoms with van der Waals surface area (Å²) >= 11 is 0. The maximum absolute atomic E-state index is 12.9. The van der Waals surface area contributed by atoms with E-state index in [4.69, 9.17) is 4.74 Å². The molecule has 0 aliphatic carbocycles. The number of rotatable bonds is 4. The first-order valence-electron chi connectivity index (χ1n) is 11.0. The van der Waals surface area contributed by atoms with Gasteiger partial charge >= 0.3 is 5.97 Å². The molecule has 0 spiro atoms. The second kappa shape index (κ2) is 8.83. The lowest BCUT2D eigenvalue weighted by Crippen LogP contribution is -2.24. The monoisotopic (exact) mass is 455 g/mol. The highest BCUT2D eigenvalue weighted by Crippen LogP contribution is 2.20. The minimum atomic E-state index is -0.702. The average molecular weight is 455 g/mol. The number of aromatic amines is 1. The van der Waals surface area contributed by atoms with Crippen molar-refractivity contribution in [1.29, 1.82) is 5.26 Å². The fourth-order valence-electron chi connectivity index (χ4n) is 4.16. The predicted octanol–water partition coefficient (Wildman–Crippen LogP) is 3.65. The van der Waals surface area contributed by atoms with E-state index in [2.05, 4.69) is 15.0 Å². The van der Waals surface area contributed by atoms with Crippen molar-refractivity contribution in [2.45, 2.75) is 32.2 Å². The Morgan fingerprint density at radius 1 is 1.15 bits per heavy atom. The summed E-state index contributed by atoms with van der Waals surface area (Å²) in [6, 6.07) is 13.7. The van der Waals surface area contributed by atoms with E-state index < -0.39 is 18.3 Å². The average Bonchev–Trinajstić information content (AvgIpc) is 3.13. The number of hydrogen-bond acceptors (Lipinski definition) is 7. The third-order valence-corrected chi connectivity index (χ3v) is 5.92. The molecular formula is C25H21N5O4. The zero-order valence-corrected chi connectivity index (χ0v) is 18.2. The maximum atomic E-state index is 12.9. The second-order valence-electron chi connectivity index (χ2n) is 8.14. The van der Waals surface area contributed by atoms with Gasteiger partial charge < -0.3 is 14.8 Å². The summed E-state index contributed by atoms with van der Waals surface area (Å²) in [4.78, 5) is 37.4. The van der Waals surface area contributed by atoms with E-state index in [-0.39, 0.29) is 22.5 Å². The number of allylic oxidation sites excluding steroid dienone is 1. The number of hydrogen-bond donors (Lipinski definition) is 2. The van der Waals surface area contributed by atoms with Crippen LogP contribution in [0.4, 0.5) is 0 Å². The quantitative estimate of drug-likeness (QED) is 0.272. The van der Waals surface area contributed by atoms with Crippen LogP contribution in [0.2, 0.25) is 0 Å². The fourth-order valence-corrected chi connectivity index (χ4v) is 4.16. The number of aryl methyl sites for hydroxylation is 1. The minimum Gasteiger partial charge on any atom is -0.507 e. The van der Waals surface area contributed by atoms with Crippen molar-refractivity contribution >= 4 is 33.5 Å². The fraction of sp³-hybridized carbons (Fsp3) is 0.240. The molecule has 0 bridgehead atoms. The Kier molecular flexibility index (Phi) is 5.55. The van der Waals surface area contributed by atoms with Crippen molar-refractivity contribution in [2.24, 2.45) is 0 Å². The van der Waals surface area contributed by atoms with E-state index in [1.807, 2.05) is 18.2 Å². The van der Waals surface area contributed by atoms with Gasteiger partial charge in [0, 0.05) is 13.0 Å². The number of para-hydroxylation sites is 2. The van der Waals surface area contributed by atoms with Crippen molar-refractivity contribution in [1.82, 2.24) is 19.5 Å². The van der Waals surface area contributed by atoms with Crippen LogP contribution in [-0.4, -0.2) is 37.2 Å². The van der Waals surface area contributed by atoms with Gasteiger partial charge in [-0.3, -0.25) is 9.36 Å². The number of ether oxygens (including phenoxy) is 1. The van der Waals surface area contributed by atoms with E-state index in [1.165, 1.54) is 12.1 Å². The number of carbonyl (C=O) groups excluding carboxylic acids is 1. The molecule has 1 aliphatic heterocycles. The number of esters is 1. The SMILES string of the molecule is N#C/C(=C(/O)COC(=O)c1ccc2c(=O)n3c(nc2c1)CCCCC3)c1nc2ccccc2[nH]1. The van der Waals surface area contributed by atoms with Gasteiger partial charge in [0.25, 0.3) is 5.56 Å². The largest absolute Gasteiger partial charge is 0.507 e. The van der Waals surface area contributed by atoms with Crippen molar-refractivity contribution in [3.05, 3.63) is 75.8 Å². The Labute approximate surface area is 194 Å². The Morgan fingerprint density at radius 3 is 2.82 bits per heavy atom. The molecule has 34 heavy (non-hydrogen) atoms. The number of aromatic nitrogens is 4. The Bertz CT molecular complexity index is 1520. The normalized spacial score (nSPS) is 14.2. The molecule has 0 radical (unpaired) electrons. The zero-order valence-electron chi connectivity index (χ0n) is 18.2. The zero-order chi connectivity index (χ0) is 23.7. The van der Waals surface area contributed by atoms with Crippen LogP contribution in [0.5, 0.6) is 0 Å². The van der Waals surface area contributed by atoms with Crippen LogP contribution in [-0.2, 0) is 17.7 Å². The molecule has 0 unspecified atom stereocenters. The molecule has 0 saturated carbocycles. The van der Waals surface area contributed by atoms with E-state index in [0.29, 0.717) is 28.5 Å². The van der Waals surface area contributed by atoms with Gasteiger partial charge in [0.1, 0.15) is 24.1 Å². The highest BCUT2D eigenvalue weighted by atomic mass is 16.5. The standard InChI is InChI=1S/C25H21N5O4/c26-13-17(23-28-18-6-3-4-7-19(18)29-23)21(31)14-34-25(33)15-9-10-16-20(12-15)27-22-8-2-1-5-11-30(22)24(16)32/h3-4,6-7,9-10,12,31H,1-2,5,8,11,14H2,(H,28,29)/b21-17-. The van der Waals surface area contributed by atoms with Crippen LogP contribution in [0.3, 0.4) is 0 Å². The number of aliphatic hydroxyl groups is 1. The van der Waals surface area contributed by atoms with Gasteiger partial charge in [-0.05, 0) is 43.2 Å². The number of nitrogens with one attached hydrogen (secondary N) is 1. The van der Waals surface area contributed by atoms with Crippen molar-refractivity contribution < 1.29 is 14.6 Å². The minimum absolute atomic E-state index is 0.105. The van der Waals surface area contributed by atoms with Gasteiger partial charge in [0.05, 0.1) is 27.5 Å².